The summed E-state index contributed by atoms with van der Waals surface area (Å²) in [6.07, 6.45) is 5.28. The molecule has 2 aliphatic rings. The third-order valence-corrected chi connectivity index (χ3v) is 7.19. The molecule has 1 aliphatic carbocycles. The Kier molecular flexibility index (Phi) is 8.13. The first-order valence-corrected chi connectivity index (χ1v) is 11.5. The van der Waals surface area contributed by atoms with Crippen molar-refractivity contribution < 1.29 is 29.3 Å². The summed E-state index contributed by atoms with van der Waals surface area (Å²) in [6.45, 7) is 1.44. The predicted molar refractivity (Wildman–Crippen MR) is 110 cm³/mol. The average molecular weight is 478 g/mol. The van der Waals surface area contributed by atoms with Gasteiger partial charge >= 0.3 is 5.97 Å². The molecule has 7 nitrogen and oxygen atoms in total. The molecule has 0 saturated carbocycles. The number of esters is 1. The van der Waals surface area contributed by atoms with Gasteiger partial charge in [-0.1, -0.05) is 39.8 Å². The number of hydrogen-bond donors (Lipinski definition) is 3. The lowest BCUT2D eigenvalue weighted by Crippen LogP contribution is -2.69. The third kappa shape index (κ3) is 4.32. The second kappa shape index (κ2) is 9.73. The smallest absolute Gasteiger partial charge is 0.306 e. The summed E-state index contributed by atoms with van der Waals surface area (Å²) >= 11 is 4.11. The number of methoxy groups -OCH3 is 1. The maximum absolute atomic E-state index is 13.3. The van der Waals surface area contributed by atoms with Crippen LogP contribution in [0.5, 0.6) is 0 Å². The third-order valence-electron chi connectivity index (χ3n) is 5.74. The monoisotopic (exact) mass is 477 g/mol. The molecule has 1 amide bonds. The molecule has 0 aromatic carbocycles. The Balaban J connectivity index is 2.36. The van der Waals surface area contributed by atoms with Crippen molar-refractivity contribution in [1.29, 1.82) is 0 Å². The number of carbonyl (C=O) groups excluding carboxylic acids is 3. The van der Waals surface area contributed by atoms with Gasteiger partial charge in [0.05, 0.1) is 25.6 Å². The Morgan fingerprint density at radius 1 is 1.50 bits per heavy atom. The Morgan fingerprint density at radius 2 is 2.21 bits per heavy atom. The molecule has 1 saturated heterocycles. The van der Waals surface area contributed by atoms with Crippen LogP contribution in [0.4, 0.5) is 0 Å². The van der Waals surface area contributed by atoms with Gasteiger partial charge in [-0.05, 0) is 32.6 Å². The van der Waals surface area contributed by atoms with Crippen LogP contribution in [0.15, 0.2) is 12.2 Å². The van der Waals surface area contributed by atoms with Crippen molar-refractivity contribution >= 4 is 44.7 Å². The minimum Gasteiger partial charge on any atom is -0.469 e. The van der Waals surface area contributed by atoms with E-state index >= 15 is 0 Å². The van der Waals surface area contributed by atoms with E-state index in [0.717, 1.165) is 24.6 Å². The molecule has 1 aliphatic heterocycles. The van der Waals surface area contributed by atoms with Crippen molar-refractivity contribution in [2.45, 2.75) is 56.3 Å². The summed E-state index contributed by atoms with van der Waals surface area (Å²) in [6, 6.07) is 0. The van der Waals surface area contributed by atoms with E-state index in [1.807, 2.05) is 12.2 Å². The van der Waals surface area contributed by atoms with Gasteiger partial charge in [0.2, 0.25) is 11.0 Å². The average Bonchev–Trinajstić information content (AvgIpc) is 2.89. The van der Waals surface area contributed by atoms with Gasteiger partial charge in [-0.3, -0.25) is 14.4 Å². The van der Waals surface area contributed by atoms with Crippen LogP contribution in [0.3, 0.4) is 0 Å². The first-order valence-electron chi connectivity index (χ1n) is 9.41. The van der Waals surface area contributed by atoms with Gasteiger partial charge in [0.1, 0.15) is 5.60 Å². The highest BCUT2D eigenvalue weighted by Gasteiger charge is 2.68. The number of amides is 1. The SMILES string of the molecule is COC(=O)CCSC(=O)C1(C(O)C2C=CCCC2)NC(=O)C(CCBr)C1(C)O. The summed E-state index contributed by atoms with van der Waals surface area (Å²) in [5, 5.41) is 25.2. The van der Waals surface area contributed by atoms with Gasteiger partial charge in [0.15, 0.2) is 5.54 Å². The molecule has 0 radical (unpaired) electrons. The van der Waals surface area contributed by atoms with Gasteiger partial charge in [-0.25, -0.2) is 0 Å². The van der Waals surface area contributed by atoms with Crippen LogP contribution in [0.25, 0.3) is 0 Å². The van der Waals surface area contributed by atoms with Gasteiger partial charge in [0, 0.05) is 17.0 Å². The van der Waals surface area contributed by atoms with E-state index in [4.69, 9.17) is 0 Å². The molecule has 3 N–H and O–H groups in total. The van der Waals surface area contributed by atoms with Crippen molar-refractivity contribution in [2.24, 2.45) is 11.8 Å². The van der Waals surface area contributed by atoms with Gasteiger partial charge in [-0.15, -0.1) is 0 Å². The van der Waals surface area contributed by atoms with E-state index in [-0.39, 0.29) is 18.1 Å². The normalized spacial score (nSPS) is 33.4. The molecular weight excluding hydrogens is 450 g/mol. The Hall–Kier alpha value is -0.900. The second-order valence-corrected chi connectivity index (χ2v) is 9.27. The lowest BCUT2D eigenvalue weighted by Gasteiger charge is -2.45. The van der Waals surface area contributed by atoms with Crippen LogP contribution in [-0.2, 0) is 19.1 Å². The van der Waals surface area contributed by atoms with Crippen LogP contribution >= 0.6 is 27.7 Å². The zero-order chi connectivity index (χ0) is 20.9. The van der Waals surface area contributed by atoms with E-state index in [0.29, 0.717) is 18.2 Å². The Labute approximate surface area is 177 Å². The fourth-order valence-corrected chi connectivity index (χ4v) is 5.59. The van der Waals surface area contributed by atoms with Gasteiger partial charge < -0.3 is 20.3 Å². The molecular formula is C19H28BrNO6S. The molecule has 0 aromatic rings. The molecule has 9 heteroatoms. The van der Waals surface area contributed by atoms with E-state index in [2.05, 4.69) is 26.0 Å². The second-order valence-electron chi connectivity index (χ2n) is 7.40. The molecule has 5 atom stereocenters. The number of alkyl halides is 1. The first kappa shape index (κ1) is 23.4. The number of carbonyl (C=O) groups is 3. The number of hydrogen-bond acceptors (Lipinski definition) is 7. The van der Waals surface area contributed by atoms with E-state index in [9.17, 15) is 24.6 Å². The minimum absolute atomic E-state index is 0.0172. The summed E-state index contributed by atoms with van der Waals surface area (Å²) in [5.74, 6) is -1.96. The largest absolute Gasteiger partial charge is 0.469 e. The lowest BCUT2D eigenvalue weighted by molar-refractivity contribution is -0.142. The van der Waals surface area contributed by atoms with E-state index in [1.165, 1.54) is 14.0 Å². The van der Waals surface area contributed by atoms with Gasteiger partial charge in [-0.2, -0.15) is 0 Å². The topological polar surface area (TPSA) is 113 Å². The number of aliphatic hydroxyl groups excluding tert-OH is 1. The van der Waals surface area contributed by atoms with Crippen LogP contribution in [0.2, 0.25) is 0 Å². The molecule has 0 bridgehead atoms. The number of allylic oxidation sites excluding steroid dienone is 1. The quantitative estimate of drug-likeness (QED) is 0.276. The molecule has 28 heavy (non-hydrogen) atoms. The van der Waals surface area contributed by atoms with Crippen LogP contribution in [0.1, 0.15) is 39.0 Å². The van der Waals surface area contributed by atoms with Crippen LogP contribution in [0, 0.1) is 11.8 Å². The van der Waals surface area contributed by atoms with E-state index in [1.54, 1.807) is 0 Å². The zero-order valence-corrected chi connectivity index (χ0v) is 18.6. The minimum atomic E-state index is -1.84. The van der Waals surface area contributed by atoms with Crippen molar-refractivity contribution in [3.05, 3.63) is 12.2 Å². The first-order chi connectivity index (χ1) is 13.2. The molecule has 1 heterocycles. The Bertz CT molecular complexity index is 640. The Morgan fingerprint density at radius 3 is 2.79 bits per heavy atom. The van der Waals surface area contributed by atoms with Gasteiger partial charge in [0.25, 0.3) is 0 Å². The number of aliphatic hydroxyl groups is 2. The fourth-order valence-electron chi connectivity index (χ4n) is 4.08. The predicted octanol–water partition coefficient (Wildman–Crippen LogP) is 1.55. The van der Waals surface area contributed by atoms with Crippen molar-refractivity contribution in [2.75, 3.05) is 18.2 Å². The van der Waals surface area contributed by atoms with Crippen LogP contribution < -0.4 is 5.32 Å². The number of rotatable bonds is 8. The highest BCUT2D eigenvalue weighted by molar-refractivity contribution is 9.09. The highest BCUT2D eigenvalue weighted by atomic mass is 79.9. The zero-order valence-electron chi connectivity index (χ0n) is 16.2. The fraction of sp³-hybridized carbons (Fsp3) is 0.737. The van der Waals surface area contributed by atoms with Crippen molar-refractivity contribution in [3.8, 4) is 0 Å². The molecule has 2 rings (SSSR count). The summed E-state index contributed by atoms with van der Waals surface area (Å²) < 4.78 is 4.59. The lowest BCUT2D eigenvalue weighted by atomic mass is 9.69. The van der Waals surface area contributed by atoms with E-state index < -0.39 is 40.2 Å². The van der Waals surface area contributed by atoms with Crippen molar-refractivity contribution in [3.63, 3.8) is 0 Å². The molecule has 0 aromatic heterocycles. The summed E-state index contributed by atoms with van der Waals surface area (Å²) in [4.78, 5) is 37.3. The summed E-state index contributed by atoms with van der Waals surface area (Å²) in [7, 11) is 1.27. The van der Waals surface area contributed by atoms with Crippen molar-refractivity contribution in [1.82, 2.24) is 5.32 Å². The standard InChI is InChI=1S/C19H28BrNO6S/c1-18(26)13(8-10-20)16(24)21-19(18,15(23)12-6-4-3-5-7-12)17(25)28-11-9-14(22)27-2/h4,6,12-13,15,23,26H,3,5,7-11H2,1-2H3,(H,21,24). The number of halogens is 1. The number of nitrogens with one attached hydrogen (secondary N) is 1. The number of thioether (sulfide) groups is 1. The molecule has 5 unspecified atom stereocenters. The molecule has 0 spiro atoms. The molecule has 158 valence electrons. The molecule has 1 fully saturated rings. The summed E-state index contributed by atoms with van der Waals surface area (Å²) in [5.41, 5.74) is -3.62. The highest BCUT2D eigenvalue weighted by Crippen LogP contribution is 2.46. The maximum atomic E-state index is 13.3. The van der Waals surface area contributed by atoms with Crippen LogP contribution in [-0.4, -0.2) is 62.6 Å². The number of ether oxygens (including phenoxy) is 1. The maximum Gasteiger partial charge on any atom is 0.306 e.